The van der Waals surface area contributed by atoms with E-state index in [1.807, 2.05) is 0 Å². The number of rotatable bonds is 4. The molecule has 2 unspecified atom stereocenters. The fourth-order valence-electron chi connectivity index (χ4n) is 3.21. The van der Waals surface area contributed by atoms with E-state index in [0.717, 1.165) is 0 Å². The molecular formula is C21H20O9. The van der Waals surface area contributed by atoms with Crippen molar-refractivity contribution >= 4 is 17.9 Å². The van der Waals surface area contributed by atoms with E-state index in [-0.39, 0.29) is 35.2 Å². The molecule has 0 aliphatic carbocycles. The molecular weight excluding hydrogens is 396 g/mol. The van der Waals surface area contributed by atoms with E-state index in [2.05, 4.69) is 0 Å². The van der Waals surface area contributed by atoms with Crippen LogP contribution in [0.2, 0.25) is 0 Å². The quantitative estimate of drug-likeness (QED) is 0.439. The van der Waals surface area contributed by atoms with Crippen LogP contribution in [0.15, 0.2) is 30.3 Å². The number of benzene rings is 2. The van der Waals surface area contributed by atoms with Crippen LogP contribution < -0.4 is 14.2 Å². The molecule has 0 bridgehead atoms. The van der Waals surface area contributed by atoms with Gasteiger partial charge in [-0.05, 0) is 12.1 Å². The van der Waals surface area contributed by atoms with Gasteiger partial charge in [0.2, 0.25) is 0 Å². The maximum Gasteiger partial charge on any atom is 0.308 e. The van der Waals surface area contributed by atoms with E-state index < -0.39 is 30.1 Å². The van der Waals surface area contributed by atoms with Crippen LogP contribution in [0.3, 0.4) is 0 Å². The molecule has 0 saturated carbocycles. The molecule has 1 aliphatic rings. The van der Waals surface area contributed by atoms with Gasteiger partial charge in [0.25, 0.3) is 0 Å². The number of phenolic OH excluding ortho intramolecular Hbond substituents is 2. The Hall–Kier alpha value is -3.75. The van der Waals surface area contributed by atoms with E-state index in [9.17, 15) is 24.6 Å². The number of hydrogen-bond donors (Lipinski definition) is 2. The van der Waals surface area contributed by atoms with Crippen LogP contribution in [-0.4, -0.2) is 34.2 Å². The number of fused-ring (bicyclic) bond motifs is 1. The van der Waals surface area contributed by atoms with E-state index >= 15 is 0 Å². The first kappa shape index (κ1) is 21.0. The van der Waals surface area contributed by atoms with Crippen LogP contribution in [0, 0.1) is 0 Å². The minimum absolute atomic E-state index is 0.107. The third-order valence-electron chi connectivity index (χ3n) is 4.30. The Morgan fingerprint density at radius 1 is 0.933 bits per heavy atom. The molecule has 1 heterocycles. The van der Waals surface area contributed by atoms with E-state index in [4.69, 9.17) is 18.9 Å². The summed E-state index contributed by atoms with van der Waals surface area (Å²) in [5, 5.41) is 19.4. The van der Waals surface area contributed by atoms with E-state index in [1.54, 1.807) is 0 Å². The zero-order valence-corrected chi connectivity index (χ0v) is 16.5. The highest BCUT2D eigenvalue weighted by molar-refractivity contribution is 5.73. The van der Waals surface area contributed by atoms with Crippen molar-refractivity contribution in [3.8, 4) is 28.7 Å². The second-order valence-electron chi connectivity index (χ2n) is 6.72. The SMILES string of the molecule is CC(=O)Oc1cc(OC(C)=O)c2c(c1)OC(c1ccc(O)c(O)c1)C(OC(C)=O)C2. The van der Waals surface area contributed by atoms with Gasteiger partial charge in [0.1, 0.15) is 23.4 Å². The van der Waals surface area contributed by atoms with Gasteiger partial charge in [0.05, 0.1) is 0 Å². The minimum atomic E-state index is -0.842. The lowest BCUT2D eigenvalue weighted by Gasteiger charge is -2.34. The van der Waals surface area contributed by atoms with Crippen molar-refractivity contribution in [3.63, 3.8) is 0 Å². The highest BCUT2D eigenvalue weighted by Gasteiger charge is 2.36. The average molecular weight is 416 g/mol. The number of phenols is 2. The Bertz CT molecular complexity index is 1010. The lowest BCUT2D eigenvalue weighted by atomic mass is 9.93. The molecule has 0 aromatic heterocycles. The first-order valence-corrected chi connectivity index (χ1v) is 9.03. The molecule has 0 fully saturated rings. The summed E-state index contributed by atoms with van der Waals surface area (Å²) in [5.41, 5.74) is 0.890. The summed E-state index contributed by atoms with van der Waals surface area (Å²) in [4.78, 5) is 34.6. The smallest absolute Gasteiger partial charge is 0.308 e. The summed E-state index contributed by atoms with van der Waals surface area (Å²) in [7, 11) is 0. The van der Waals surface area contributed by atoms with Crippen molar-refractivity contribution in [2.45, 2.75) is 39.4 Å². The van der Waals surface area contributed by atoms with Crippen molar-refractivity contribution in [1.82, 2.24) is 0 Å². The predicted octanol–water partition coefficient (Wildman–Crippen LogP) is 2.56. The van der Waals surface area contributed by atoms with Crippen LogP contribution in [0.5, 0.6) is 28.7 Å². The van der Waals surface area contributed by atoms with Crippen LogP contribution in [0.1, 0.15) is 38.0 Å². The molecule has 9 heteroatoms. The first-order chi connectivity index (χ1) is 14.1. The van der Waals surface area contributed by atoms with Crippen molar-refractivity contribution in [2.75, 3.05) is 0 Å². The van der Waals surface area contributed by atoms with Gasteiger partial charge in [0.15, 0.2) is 17.6 Å². The third-order valence-corrected chi connectivity index (χ3v) is 4.30. The molecule has 9 nitrogen and oxygen atoms in total. The summed E-state index contributed by atoms with van der Waals surface area (Å²) in [6.45, 7) is 3.70. The highest BCUT2D eigenvalue weighted by Crippen LogP contribution is 2.44. The second-order valence-corrected chi connectivity index (χ2v) is 6.72. The molecule has 1 aliphatic heterocycles. The number of aromatic hydroxyl groups is 2. The molecule has 0 spiro atoms. The maximum atomic E-state index is 11.6. The van der Waals surface area contributed by atoms with Gasteiger partial charge >= 0.3 is 17.9 Å². The molecule has 2 aromatic carbocycles. The number of esters is 3. The van der Waals surface area contributed by atoms with Crippen LogP contribution in [-0.2, 0) is 25.5 Å². The van der Waals surface area contributed by atoms with Gasteiger partial charge in [-0.25, -0.2) is 0 Å². The predicted molar refractivity (Wildman–Crippen MR) is 101 cm³/mol. The van der Waals surface area contributed by atoms with Gasteiger partial charge < -0.3 is 29.2 Å². The number of carbonyl (C=O) groups excluding carboxylic acids is 3. The highest BCUT2D eigenvalue weighted by atomic mass is 16.6. The number of ether oxygens (including phenoxy) is 4. The first-order valence-electron chi connectivity index (χ1n) is 9.03. The monoisotopic (exact) mass is 416 g/mol. The van der Waals surface area contributed by atoms with Crippen molar-refractivity contribution in [1.29, 1.82) is 0 Å². The van der Waals surface area contributed by atoms with Gasteiger partial charge in [-0.15, -0.1) is 0 Å². The molecule has 2 aromatic rings. The lowest BCUT2D eigenvalue weighted by molar-refractivity contribution is -0.152. The molecule has 0 amide bonds. The van der Waals surface area contributed by atoms with E-state index in [1.165, 1.54) is 51.1 Å². The zero-order chi connectivity index (χ0) is 22.0. The molecule has 3 rings (SSSR count). The second kappa shape index (κ2) is 8.32. The van der Waals surface area contributed by atoms with Gasteiger partial charge in [-0.1, -0.05) is 6.07 Å². The summed E-state index contributed by atoms with van der Waals surface area (Å²) >= 11 is 0. The summed E-state index contributed by atoms with van der Waals surface area (Å²) in [6, 6.07) is 6.94. The van der Waals surface area contributed by atoms with Crippen LogP contribution in [0.4, 0.5) is 0 Å². The maximum absolute atomic E-state index is 11.6. The molecule has 30 heavy (non-hydrogen) atoms. The fraction of sp³-hybridized carbons (Fsp3) is 0.286. The Morgan fingerprint density at radius 3 is 2.23 bits per heavy atom. The topological polar surface area (TPSA) is 129 Å². The van der Waals surface area contributed by atoms with Crippen molar-refractivity contribution in [2.24, 2.45) is 0 Å². The molecule has 0 saturated heterocycles. The minimum Gasteiger partial charge on any atom is -0.504 e. The zero-order valence-electron chi connectivity index (χ0n) is 16.5. The molecule has 2 N–H and O–H groups in total. The summed E-state index contributed by atoms with van der Waals surface area (Å²) in [5.74, 6) is -1.91. The number of carbonyl (C=O) groups is 3. The molecule has 158 valence electrons. The summed E-state index contributed by atoms with van der Waals surface area (Å²) in [6.07, 6.45) is -1.53. The number of hydrogen-bond acceptors (Lipinski definition) is 9. The fourth-order valence-corrected chi connectivity index (χ4v) is 3.21. The average Bonchev–Trinajstić information content (AvgIpc) is 2.62. The van der Waals surface area contributed by atoms with Gasteiger partial charge in [-0.2, -0.15) is 0 Å². The van der Waals surface area contributed by atoms with Gasteiger partial charge in [0, 0.05) is 50.5 Å². The van der Waals surface area contributed by atoms with Crippen LogP contribution >= 0.6 is 0 Å². The van der Waals surface area contributed by atoms with Crippen molar-refractivity contribution < 1.29 is 43.5 Å². The molecule has 2 atom stereocenters. The Kier molecular flexibility index (Phi) is 5.81. The van der Waals surface area contributed by atoms with Gasteiger partial charge in [-0.3, -0.25) is 14.4 Å². The Labute approximate surface area is 171 Å². The van der Waals surface area contributed by atoms with Crippen molar-refractivity contribution in [3.05, 3.63) is 41.5 Å². The van der Waals surface area contributed by atoms with E-state index in [0.29, 0.717) is 11.1 Å². The standard InChI is InChI=1S/C21H20O9/c1-10(22)27-14-7-18(28-11(2)23)15-9-20(29-12(3)24)21(30-19(15)8-14)13-4-5-16(25)17(26)6-13/h4-8,20-21,25-26H,9H2,1-3H3. The Balaban J connectivity index is 2.09. The van der Waals surface area contributed by atoms with Crippen LogP contribution in [0.25, 0.3) is 0 Å². The Morgan fingerprint density at radius 2 is 1.63 bits per heavy atom. The largest absolute Gasteiger partial charge is 0.504 e. The third kappa shape index (κ3) is 4.62. The normalized spacial score (nSPS) is 17.3. The lowest BCUT2D eigenvalue weighted by Crippen LogP contribution is -2.34. The molecule has 0 radical (unpaired) electrons. The summed E-state index contributed by atoms with van der Waals surface area (Å²) < 4.78 is 21.8.